The number of hydrogen-bond donors (Lipinski definition) is 3. The zero-order valence-corrected chi connectivity index (χ0v) is 12.3. The third-order valence-corrected chi connectivity index (χ3v) is 3.43. The predicted octanol–water partition coefficient (Wildman–Crippen LogP) is 3.08. The highest BCUT2D eigenvalue weighted by atomic mass is 35.5. The molecule has 0 bridgehead atoms. The highest BCUT2D eigenvalue weighted by molar-refractivity contribution is 7.99. The topological polar surface area (TPSA) is 78.4 Å². The minimum absolute atomic E-state index is 0.00872. The number of urea groups is 1. The van der Waals surface area contributed by atoms with Crippen LogP contribution in [0.3, 0.4) is 0 Å². The number of amides is 2. The minimum atomic E-state index is -1.13. The maximum atomic E-state index is 11.6. The Bertz CT molecular complexity index is 508. The summed E-state index contributed by atoms with van der Waals surface area (Å²) in [7, 11) is 0. The van der Waals surface area contributed by atoms with Crippen LogP contribution in [-0.2, 0) is 0 Å². The Morgan fingerprint density at radius 3 is 2.85 bits per heavy atom. The molecule has 5 nitrogen and oxygen atoms in total. The van der Waals surface area contributed by atoms with Crippen molar-refractivity contribution in [3.05, 3.63) is 41.4 Å². The molecule has 2 amide bonds. The van der Waals surface area contributed by atoms with Crippen LogP contribution in [0.25, 0.3) is 0 Å². The van der Waals surface area contributed by atoms with Crippen molar-refractivity contribution in [1.29, 1.82) is 0 Å². The smallest absolute Gasteiger partial charge is 0.337 e. The average molecular weight is 315 g/mol. The van der Waals surface area contributed by atoms with Gasteiger partial charge >= 0.3 is 12.0 Å². The van der Waals surface area contributed by atoms with Crippen LogP contribution in [0.15, 0.2) is 30.9 Å². The number of anilines is 1. The highest BCUT2D eigenvalue weighted by Gasteiger charge is 2.12. The van der Waals surface area contributed by atoms with Gasteiger partial charge < -0.3 is 15.7 Å². The lowest BCUT2D eigenvalue weighted by Crippen LogP contribution is -2.31. The van der Waals surface area contributed by atoms with Crippen LogP contribution in [-0.4, -0.2) is 35.2 Å². The first kappa shape index (κ1) is 16.4. The molecule has 0 aliphatic carbocycles. The molecular formula is C13H15ClN2O3S. The zero-order valence-electron chi connectivity index (χ0n) is 10.7. The van der Waals surface area contributed by atoms with E-state index in [-0.39, 0.29) is 11.3 Å². The Labute approximate surface area is 126 Å². The van der Waals surface area contributed by atoms with Crippen LogP contribution in [0.5, 0.6) is 0 Å². The number of rotatable bonds is 7. The number of aromatic carboxylic acids is 1. The molecule has 0 heterocycles. The number of hydrogen-bond acceptors (Lipinski definition) is 3. The molecule has 0 spiro atoms. The lowest BCUT2D eigenvalue weighted by Gasteiger charge is -2.10. The van der Waals surface area contributed by atoms with Gasteiger partial charge in [-0.3, -0.25) is 0 Å². The molecule has 0 saturated heterocycles. The standard InChI is InChI=1S/C13H15ClN2O3S/c1-2-6-20-7-5-15-13(19)16-11-8-9(14)3-4-10(11)12(17)18/h2-4,8H,1,5-7H2,(H,17,18)(H2,15,16,19). The molecule has 0 aliphatic heterocycles. The molecule has 3 N–H and O–H groups in total. The Morgan fingerprint density at radius 2 is 2.20 bits per heavy atom. The van der Waals surface area contributed by atoms with Crippen molar-refractivity contribution in [3.8, 4) is 0 Å². The molecule has 0 atom stereocenters. The zero-order chi connectivity index (χ0) is 15.0. The first-order valence-corrected chi connectivity index (χ1v) is 7.34. The summed E-state index contributed by atoms with van der Waals surface area (Å²) in [6.07, 6.45) is 1.79. The summed E-state index contributed by atoms with van der Waals surface area (Å²) in [6.45, 7) is 4.07. The largest absolute Gasteiger partial charge is 0.478 e. The summed E-state index contributed by atoms with van der Waals surface area (Å²) in [5.74, 6) is 0.445. The van der Waals surface area contributed by atoms with E-state index >= 15 is 0 Å². The SMILES string of the molecule is C=CCSCCNC(=O)Nc1cc(Cl)ccc1C(=O)O. The van der Waals surface area contributed by atoms with Crippen molar-refractivity contribution in [1.82, 2.24) is 5.32 Å². The van der Waals surface area contributed by atoms with Gasteiger partial charge in [-0.15, -0.1) is 6.58 Å². The number of thioether (sulfide) groups is 1. The second kappa shape index (κ2) is 8.50. The van der Waals surface area contributed by atoms with Crippen LogP contribution in [0.1, 0.15) is 10.4 Å². The minimum Gasteiger partial charge on any atom is -0.478 e. The van der Waals surface area contributed by atoms with E-state index in [9.17, 15) is 9.59 Å². The van der Waals surface area contributed by atoms with Gasteiger partial charge in [0, 0.05) is 23.1 Å². The molecular weight excluding hydrogens is 300 g/mol. The van der Waals surface area contributed by atoms with E-state index in [0.717, 1.165) is 11.5 Å². The second-order valence-electron chi connectivity index (χ2n) is 3.74. The predicted molar refractivity (Wildman–Crippen MR) is 83.0 cm³/mol. The fraction of sp³-hybridized carbons (Fsp3) is 0.231. The van der Waals surface area contributed by atoms with Crippen molar-refractivity contribution in [2.45, 2.75) is 0 Å². The van der Waals surface area contributed by atoms with Gasteiger partial charge in [-0.2, -0.15) is 11.8 Å². The van der Waals surface area contributed by atoms with Crippen LogP contribution in [0.2, 0.25) is 5.02 Å². The van der Waals surface area contributed by atoms with Crippen molar-refractivity contribution in [2.24, 2.45) is 0 Å². The molecule has 108 valence electrons. The van der Waals surface area contributed by atoms with Gasteiger partial charge in [-0.05, 0) is 18.2 Å². The van der Waals surface area contributed by atoms with E-state index < -0.39 is 12.0 Å². The molecule has 1 aromatic carbocycles. The molecule has 0 radical (unpaired) electrons. The van der Waals surface area contributed by atoms with Gasteiger partial charge in [0.2, 0.25) is 0 Å². The number of benzene rings is 1. The first-order chi connectivity index (χ1) is 9.54. The summed E-state index contributed by atoms with van der Waals surface area (Å²) < 4.78 is 0. The molecule has 0 aromatic heterocycles. The van der Waals surface area contributed by atoms with E-state index in [4.69, 9.17) is 16.7 Å². The number of carbonyl (C=O) groups is 2. The second-order valence-corrected chi connectivity index (χ2v) is 5.33. The third-order valence-electron chi connectivity index (χ3n) is 2.23. The van der Waals surface area contributed by atoms with Crippen molar-refractivity contribution in [2.75, 3.05) is 23.4 Å². The van der Waals surface area contributed by atoms with Crippen molar-refractivity contribution < 1.29 is 14.7 Å². The van der Waals surface area contributed by atoms with Crippen molar-refractivity contribution >= 4 is 41.1 Å². The molecule has 0 fully saturated rings. The van der Waals surface area contributed by atoms with E-state index in [1.165, 1.54) is 18.2 Å². The number of halogens is 1. The lowest BCUT2D eigenvalue weighted by atomic mass is 10.2. The van der Waals surface area contributed by atoms with Crippen LogP contribution in [0, 0.1) is 0 Å². The quantitative estimate of drug-likeness (QED) is 0.534. The number of carboxylic acid groups (broad SMARTS) is 1. The maximum absolute atomic E-state index is 11.6. The van der Waals surface area contributed by atoms with Gasteiger partial charge in [0.25, 0.3) is 0 Å². The van der Waals surface area contributed by atoms with Crippen LogP contribution in [0.4, 0.5) is 10.5 Å². The molecule has 0 aliphatic rings. The van der Waals surface area contributed by atoms with Gasteiger partial charge in [0.1, 0.15) is 0 Å². The normalized spacial score (nSPS) is 9.85. The summed E-state index contributed by atoms with van der Waals surface area (Å²) >= 11 is 7.43. The Kier molecular flexibility index (Phi) is 6.97. The fourth-order valence-electron chi connectivity index (χ4n) is 1.38. The molecule has 20 heavy (non-hydrogen) atoms. The summed E-state index contributed by atoms with van der Waals surface area (Å²) in [5, 5.41) is 14.5. The Hall–Kier alpha value is -1.66. The van der Waals surface area contributed by atoms with Crippen LogP contribution >= 0.6 is 23.4 Å². The summed E-state index contributed by atoms with van der Waals surface area (Å²) in [5.41, 5.74) is 0.159. The van der Waals surface area contributed by atoms with Gasteiger partial charge in [0.05, 0.1) is 11.3 Å². The first-order valence-electron chi connectivity index (χ1n) is 5.81. The average Bonchev–Trinajstić information content (AvgIpc) is 2.38. The molecule has 0 saturated carbocycles. The number of nitrogens with one attached hydrogen (secondary N) is 2. The maximum Gasteiger partial charge on any atom is 0.337 e. The van der Waals surface area contributed by atoms with E-state index in [2.05, 4.69) is 17.2 Å². The van der Waals surface area contributed by atoms with Gasteiger partial charge in [0.15, 0.2) is 0 Å². The summed E-state index contributed by atoms with van der Waals surface area (Å²) in [4.78, 5) is 22.7. The van der Waals surface area contributed by atoms with E-state index in [1.807, 2.05) is 0 Å². The number of carboxylic acids is 1. The Morgan fingerprint density at radius 1 is 1.45 bits per heavy atom. The molecule has 1 rings (SSSR count). The van der Waals surface area contributed by atoms with Gasteiger partial charge in [-0.1, -0.05) is 17.7 Å². The lowest BCUT2D eigenvalue weighted by molar-refractivity contribution is 0.0698. The Balaban J connectivity index is 2.55. The van der Waals surface area contributed by atoms with Crippen molar-refractivity contribution in [3.63, 3.8) is 0 Å². The molecule has 0 unspecified atom stereocenters. The third kappa shape index (κ3) is 5.54. The number of carbonyl (C=O) groups excluding carboxylic acids is 1. The molecule has 1 aromatic rings. The fourth-order valence-corrected chi connectivity index (χ4v) is 2.13. The van der Waals surface area contributed by atoms with E-state index in [0.29, 0.717) is 11.6 Å². The van der Waals surface area contributed by atoms with Crippen LogP contribution < -0.4 is 10.6 Å². The summed E-state index contributed by atoms with van der Waals surface area (Å²) in [6, 6.07) is 3.74. The van der Waals surface area contributed by atoms with Gasteiger partial charge in [-0.25, -0.2) is 9.59 Å². The molecule has 7 heteroatoms. The highest BCUT2D eigenvalue weighted by Crippen LogP contribution is 2.21. The van der Waals surface area contributed by atoms with E-state index in [1.54, 1.807) is 17.8 Å². The monoisotopic (exact) mass is 314 g/mol.